The van der Waals surface area contributed by atoms with Gasteiger partial charge in [-0.1, -0.05) is 6.07 Å². The van der Waals surface area contributed by atoms with Crippen molar-refractivity contribution in [1.82, 2.24) is 9.88 Å². The third-order valence-corrected chi connectivity index (χ3v) is 5.87. The number of halogens is 3. The van der Waals surface area contributed by atoms with Crippen molar-refractivity contribution in [2.24, 2.45) is 5.92 Å². The molecule has 1 saturated heterocycles. The van der Waals surface area contributed by atoms with Crippen LogP contribution in [0.5, 0.6) is 11.5 Å². The summed E-state index contributed by atoms with van der Waals surface area (Å²) in [4.78, 5) is 29.2. The maximum absolute atomic E-state index is 14.5. The molecule has 9 heteroatoms. The van der Waals surface area contributed by atoms with Crippen LogP contribution in [0.1, 0.15) is 15.9 Å². The van der Waals surface area contributed by atoms with E-state index in [1.165, 1.54) is 35.4 Å². The lowest BCUT2D eigenvalue weighted by Crippen LogP contribution is -2.52. The second-order valence-electron chi connectivity index (χ2n) is 8.34. The predicted molar refractivity (Wildman–Crippen MR) is 115 cm³/mol. The van der Waals surface area contributed by atoms with Gasteiger partial charge in [-0.15, -0.1) is 0 Å². The van der Waals surface area contributed by atoms with Crippen LogP contribution in [-0.2, 0) is 11.2 Å². The highest BCUT2D eigenvalue weighted by Gasteiger charge is 2.34. The molecule has 34 heavy (non-hydrogen) atoms. The molecule has 0 spiro atoms. The number of hydrogen-bond donors (Lipinski definition) is 0. The summed E-state index contributed by atoms with van der Waals surface area (Å²) >= 11 is 0. The summed E-state index contributed by atoms with van der Waals surface area (Å²) in [5.74, 6) is -2.26. The van der Waals surface area contributed by atoms with Crippen molar-refractivity contribution < 1.29 is 32.2 Å². The van der Waals surface area contributed by atoms with E-state index in [1.54, 1.807) is 12.1 Å². The van der Waals surface area contributed by atoms with Crippen molar-refractivity contribution in [3.8, 4) is 22.6 Å². The highest BCUT2D eigenvalue weighted by atomic mass is 19.1. The lowest BCUT2D eigenvalue weighted by atomic mass is 9.97. The molecule has 0 radical (unpaired) electrons. The standard InChI is InChI=1S/C25H19F3N2O4/c26-20-9-23-17(5-18(31)13-34-23)6-19(20)25(32)30-10-14(11-30)12-33-22-2-1-15(7-21(22)27)16-3-4-29-24(28)8-16/h1-4,6-9,14H,5,10-13H2. The molecule has 2 aromatic carbocycles. The normalized spacial score (nSPS) is 15.4. The van der Waals surface area contributed by atoms with Crippen LogP contribution in [-0.4, -0.2) is 47.9 Å². The van der Waals surface area contributed by atoms with Crippen molar-refractivity contribution in [2.75, 3.05) is 26.3 Å². The highest BCUT2D eigenvalue weighted by Crippen LogP contribution is 2.30. The molecule has 0 unspecified atom stereocenters. The van der Waals surface area contributed by atoms with E-state index in [0.29, 0.717) is 29.8 Å². The zero-order valence-corrected chi connectivity index (χ0v) is 17.9. The maximum Gasteiger partial charge on any atom is 0.256 e. The highest BCUT2D eigenvalue weighted by molar-refractivity contribution is 5.96. The molecule has 3 heterocycles. The number of carbonyl (C=O) groups is 2. The Labute approximate surface area is 192 Å². The van der Waals surface area contributed by atoms with E-state index in [0.717, 1.165) is 6.07 Å². The minimum atomic E-state index is -0.700. The first kappa shape index (κ1) is 21.9. The van der Waals surface area contributed by atoms with E-state index < -0.39 is 23.5 Å². The number of ether oxygens (including phenoxy) is 2. The monoisotopic (exact) mass is 468 g/mol. The van der Waals surface area contributed by atoms with Crippen LogP contribution >= 0.6 is 0 Å². The molecule has 5 rings (SSSR count). The van der Waals surface area contributed by atoms with Crippen LogP contribution in [0, 0.1) is 23.5 Å². The minimum Gasteiger partial charge on any atom is -0.490 e. The molecule has 1 amide bonds. The molecule has 2 aliphatic heterocycles. The Hall–Kier alpha value is -3.88. The molecule has 3 aromatic rings. The van der Waals surface area contributed by atoms with Gasteiger partial charge in [0.1, 0.15) is 18.2 Å². The van der Waals surface area contributed by atoms with Crippen LogP contribution in [0.3, 0.4) is 0 Å². The van der Waals surface area contributed by atoms with Crippen LogP contribution in [0.15, 0.2) is 48.7 Å². The molecule has 0 aliphatic carbocycles. The van der Waals surface area contributed by atoms with Crippen molar-refractivity contribution in [2.45, 2.75) is 6.42 Å². The zero-order chi connectivity index (χ0) is 23.8. The summed E-state index contributed by atoms with van der Waals surface area (Å²) in [6.07, 6.45) is 1.41. The number of hydrogen-bond acceptors (Lipinski definition) is 5. The number of aromatic nitrogens is 1. The first-order valence-electron chi connectivity index (χ1n) is 10.7. The zero-order valence-electron chi connectivity index (χ0n) is 17.9. The Balaban J connectivity index is 1.18. The minimum absolute atomic E-state index is 0.0390. The summed E-state index contributed by atoms with van der Waals surface area (Å²) in [6, 6.07) is 9.66. The number of carbonyl (C=O) groups excluding carboxylic acids is 2. The summed E-state index contributed by atoms with van der Waals surface area (Å²) in [7, 11) is 0. The summed E-state index contributed by atoms with van der Waals surface area (Å²) in [5.41, 5.74) is 1.38. The fraction of sp³-hybridized carbons (Fsp3) is 0.240. The van der Waals surface area contributed by atoms with Gasteiger partial charge in [-0.05, 0) is 35.4 Å². The van der Waals surface area contributed by atoms with E-state index in [1.807, 2.05) is 0 Å². The Morgan fingerprint density at radius 1 is 1.06 bits per heavy atom. The van der Waals surface area contributed by atoms with E-state index in [4.69, 9.17) is 9.47 Å². The van der Waals surface area contributed by atoms with Crippen LogP contribution < -0.4 is 9.47 Å². The van der Waals surface area contributed by atoms with Gasteiger partial charge in [0.15, 0.2) is 17.3 Å². The fourth-order valence-corrected chi connectivity index (χ4v) is 4.06. The lowest BCUT2D eigenvalue weighted by Gasteiger charge is -2.39. The molecule has 0 bridgehead atoms. The van der Waals surface area contributed by atoms with Crippen molar-refractivity contribution in [3.05, 3.63) is 77.4 Å². The maximum atomic E-state index is 14.5. The number of fused-ring (bicyclic) bond motifs is 1. The van der Waals surface area contributed by atoms with Crippen LogP contribution in [0.4, 0.5) is 13.2 Å². The molecule has 0 N–H and O–H groups in total. The molecule has 0 saturated carbocycles. The van der Waals surface area contributed by atoms with Gasteiger partial charge in [0, 0.05) is 49.3 Å². The molecule has 2 aliphatic rings. The smallest absolute Gasteiger partial charge is 0.256 e. The molecular formula is C25H19F3N2O4. The molecule has 1 aromatic heterocycles. The van der Waals surface area contributed by atoms with Gasteiger partial charge in [-0.2, -0.15) is 4.39 Å². The first-order valence-corrected chi connectivity index (χ1v) is 10.7. The number of likely N-dealkylation sites (tertiary alicyclic amines) is 1. The molecule has 174 valence electrons. The van der Waals surface area contributed by atoms with Gasteiger partial charge in [0.05, 0.1) is 12.2 Å². The third kappa shape index (κ3) is 4.33. The van der Waals surface area contributed by atoms with Crippen molar-refractivity contribution >= 4 is 11.7 Å². The van der Waals surface area contributed by atoms with Gasteiger partial charge in [0.2, 0.25) is 5.95 Å². The van der Waals surface area contributed by atoms with Gasteiger partial charge in [-0.25, -0.2) is 13.8 Å². The largest absolute Gasteiger partial charge is 0.490 e. The lowest BCUT2D eigenvalue weighted by molar-refractivity contribution is -0.121. The second-order valence-corrected chi connectivity index (χ2v) is 8.34. The summed E-state index contributed by atoms with van der Waals surface area (Å²) in [6.45, 7) is 0.750. The van der Waals surface area contributed by atoms with Gasteiger partial charge < -0.3 is 14.4 Å². The van der Waals surface area contributed by atoms with E-state index >= 15 is 0 Å². The first-order chi connectivity index (χ1) is 16.4. The fourth-order valence-electron chi connectivity index (χ4n) is 4.06. The number of amides is 1. The molecule has 1 fully saturated rings. The average Bonchev–Trinajstić information content (AvgIpc) is 2.78. The van der Waals surface area contributed by atoms with Gasteiger partial charge in [0.25, 0.3) is 5.91 Å². The average molecular weight is 468 g/mol. The van der Waals surface area contributed by atoms with Crippen molar-refractivity contribution in [1.29, 1.82) is 0 Å². The summed E-state index contributed by atoms with van der Waals surface area (Å²) in [5, 5.41) is 0. The number of Topliss-reactive ketones (excluding diaryl/α,β-unsaturated/α-hetero) is 1. The topological polar surface area (TPSA) is 68.7 Å². The van der Waals surface area contributed by atoms with Gasteiger partial charge in [-0.3, -0.25) is 9.59 Å². The molecule has 0 atom stereocenters. The Morgan fingerprint density at radius 2 is 1.85 bits per heavy atom. The molecular weight excluding hydrogens is 449 g/mol. The summed E-state index contributed by atoms with van der Waals surface area (Å²) < 4.78 is 53.0. The van der Waals surface area contributed by atoms with E-state index in [-0.39, 0.29) is 48.4 Å². The van der Waals surface area contributed by atoms with E-state index in [9.17, 15) is 22.8 Å². The Bertz CT molecular complexity index is 1290. The van der Waals surface area contributed by atoms with Crippen LogP contribution in [0.2, 0.25) is 0 Å². The van der Waals surface area contributed by atoms with E-state index in [2.05, 4.69) is 4.98 Å². The predicted octanol–water partition coefficient (Wildman–Crippen LogP) is 3.82. The van der Waals surface area contributed by atoms with Crippen molar-refractivity contribution in [3.63, 3.8) is 0 Å². The number of benzene rings is 2. The SMILES string of the molecule is O=C1COc2cc(F)c(C(=O)N3CC(COc4ccc(-c5ccnc(F)c5)cc4F)C3)cc2C1. The Kier molecular flexibility index (Phi) is 5.69. The second kappa shape index (κ2) is 8.81. The number of rotatable bonds is 5. The number of ketones is 1. The number of nitrogens with zero attached hydrogens (tertiary/aromatic N) is 2. The quantitative estimate of drug-likeness (QED) is 0.533. The third-order valence-electron chi connectivity index (χ3n) is 5.87. The molecule has 6 nitrogen and oxygen atoms in total. The van der Waals surface area contributed by atoms with Crippen LogP contribution in [0.25, 0.3) is 11.1 Å². The number of pyridine rings is 1. The Morgan fingerprint density at radius 3 is 2.62 bits per heavy atom. The van der Waals surface area contributed by atoms with Gasteiger partial charge >= 0.3 is 0 Å².